The number of benzene rings is 1. The summed E-state index contributed by atoms with van der Waals surface area (Å²) in [5.74, 6) is 3.88. The van der Waals surface area contributed by atoms with Crippen molar-refractivity contribution in [2.45, 2.75) is 13.8 Å². The Kier molecular flexibility index (Phi) is 2.89. The van der Waals surface area contributed by atoms with Crippen molar-refractivity contribution in [3.63, 3.8) is 0 Å². The van der Waals surface area contributed by atoms with Crippen LogP contribution in [-0.4, -0.2) is 18.4 Å². The number of amides is 2. The van der Waals surface area contributed by atoms with Gasteiger partial charge in [-0.2, -0.15) is 0 Å². The maximum atomic E-state index is 13.4. The average Bonchev–Trinajstić information content (AvgIpc) is 2.88. The van der Waals surface area contributed by atoms with E-state index in [1.54, 1.807) is 0 Å². The molecule has 1 aromatic carbocycles. The summed E-state index contributed by atoms with van der Waals surface area (Å²) < 4.78 is 13.4. The van der Waals surface area contributed by atoms with Gasteiger partial charge in [0.1, 0.15) is 5.82 Å². The normalized spacial score (nSPS) is 25.4. The zero-order chi connectivity index (χ0) is 15.4. The number of hydrogen-bond donors (Lipinski definition) is 1. The van der Waals surface area contributed by atoms with E-state index >= 15 is 0 Å². The van der Waals surface area contributed by atoms with Crippen LogP contribution >= 0.6 is 0 Å². The van der Waals surface area contributed by atoms with Gasteiger partial charge in [0, 0.05) is 0 Å². The summed E-state index contributed by atoms with van der Waals surface area (Å²) in [6, 6.07) is 3.86. The molecule has 2 aliphatic rings. The summed E-state index contributed by atoms with van der Waals surface area (Å²) in [6.07, 6.45) is 0. The summed E-state index contributed by atoms with van der Waals surface area (Å²) in [5.41, 5.74) is 5.70. The molecule has 108 valence electrons. The van der Waals surface area contributed by atoms with Crippen molar-refractivity contribution in [2.24, 2.45) is 23.0 Å². The number of nitrogens with two attached hydrogens (primary N) is 1. The maximum absolute atomic E-state index is 13.4. The second kappa shape index (κ2) is 4.40. The van der Waals surface area contributed by atoms with Gasteiger partial charge in [-0.3, -0.25) is 9.59 Å². The topological polar surface area (TPSA) is 63.4 Å². The second-order valence-corrected chi connectivity index (χ2v) is 5.96. The van der Waals surface area contributed by atoms with Crippen LogP contribution in [0.1, 0.15) is 19.4 Å². The Bertz CT molecular complexity index is 691. The SMILES string of the molecule is CC1(C)C2C(=O)N(c3ccc(F)cc3C#CCN)C(=O)C21. The van der Waals surface area contributed by atoms with Crippen LogP contribution < -0.4 is 10.6 Å². The summed E-state index contributed by atoms with van der Waals surface area (Å²) in [5, 5.41) is 0. The third-order valence-electron chi connectivity index (χ3n) is 4.32. The molecule has 1 saturated carbocycles. The van der Waals surface area contributed by atoms with E-state index < -0.39 is 5.82 Å². The number of carbonyl (C=O) groups is 2. The molecule has 2 unspecified atom stereocenters. The number of nitrogens with zero attached hydrogens (tertiary/aromatic N) is 1. The van der Waals surface area contributed by atoms with Gasteiger partial charge in [-0.25, -0.2) is 9.29 Å². The maximum Gasteiger partial charge on any atom is 0.238 e. The average molecular weight is 286 g/mol. The van der Waals surface area contributed by atoms with Crippen LogP contribution in [0.5, 0.6) is 0 Å². The number of imide groups is 1. The highest BCUT2D eigenvalue weighted by Gasteiger charge is 2.72. The van der Waals surface area contributed by atoms with Crippen molar-refractivity contribution in [2.75, 3.05) is 11.4 Å². The predicted molar refractivity (Wildman–Crippen MR) is 75.6 cm³/mol. The first-order valence-corrected chi connectivity index (χ1v) is 6.76. The molecular weight excluding hydrogens is 271 g/mol. The highest BCUT2D eigenvalue weighted by Crippen LogP contribution is 2.63. The molecule has 0 spiro atoms. The Morgan fingerprint density at radius 3 is 2.48 bits per heavy atom. The third-order valence-corrected chi connectivity index (χ3v) is 4.32. The second-order valence-electron chi connectivity index (χ2n) is 5.96. The van der Waals surface area contributed by atoms with E-state index in [9.17, 15) is 14.0 Å². The van der Waals surface area contributed by atoms with E-state index in [4.69, 9.17) is 5.73 Å². The lowest BCUT2D eigenvalue weighted by atomic mass is 10.0. The molecular formula is C16H15FN2O2. The van der Waals surface area contributed by atoms with Gasteiger partial charge in [-0.1, -0.05) is 25.7 Å². The monoisotopic (exact) mass is 286 g/mol. The largest absolute Gasteiger partial charge is 0.320 e. The lowest BCUT2D eigenvalue weighted by molar-refractivity contribution is -0.125. The van der Waals surface area contributed by atoms with Crippen LogP contribution in [0.25, 0.3) is 0 Å². The lowest BCUT2D eigenvalue weighted by Crippen LogP contribution is -2.36. The Morgan fingerprint density at radius 2 is 1.90 bits per heavy atom. The van der Waals surface area contributed by atoms with Gasteiger partial charge in [0.25, 0.3) is 0 Å². The molecule has 0 radical (unpaired) electrons. The van der Waals surface area contributed by atoms with Crippen molar-refractivity contribution >= 4 is 17.5 Å². The van der Waals surface area contributed by atoms with E-state index in [1.807, 2.05) is 13.8 Å². The first-order chi connectivity index (χ1) is 9.89. The quantitative estimate of drug-likeness (QED) is 0.625. The lowest BCUT2D eigenvalue weighted by Gasteiger charge is -2.21. The molecule has 0 aromatic heterocycles. The van der Waals surface area contributed by atoms with Gasteiger partial charge in [0.05, 0.1) is 29.6 Å². The summed E-state index contributed by atoms with van der Waals surface area (Å²) >= 11 is 0. The first kappa shape index (κ1) is 13.8. The van der Waals surface area contributed by atoms with E-state index in [-0.39, 0.29) is 35.6 Å². The van der Waals surface area contributed by atoms with Gasteiger partial charge in [-0.05, 0) is 23.6 Å². The Labute approximate surface area is 122 Å². The molecule has 21 heavy (non-hydrogen) atoms. The minimum atomic E-state index is -0.468. The Morgan fingerprint density at radius 1 is 1.29 bits per heavy atom. The van der Waals surface area contributed by atoms with Crippen molar-refractivity contribution in [1.82, 2.24) is 0 Å². The molecule has 3 rings (SSSR count). The molecule has 2 N–H and O–H groups in total. The van der Waals surface area contributed by atoms with Gasteiger partial charge in [-0.15, -0.1) is 0 Å². The zero-order valence-corrected chi connectivity index (χ0v) is 11.8. The highest BCUT2D eigenvalue weighted by atomic mass is 19.1. The van der Waals surface area contributed by atoms with Crippen LogP contribution in [0, 0.1) is 34.9 Å². The van der Waals surface area contributed by atoms with Gasteiger partial charge in [0.2, 0.25) is 11.8 Å². The summed E-state index contributed by atoms with van der Waals surface area (Å²) in [7, 11) is 0. The molecule has 2 atom stereocenters. The van der Waals surface area contributed by atoms with E-state index in [0.29, 0.717) is 11.3 Å². The van der Waals surface area contributed by atoms with Crippen LogP contribution in [0.2, 0.25) is 0 Å². The van der Waals surface area contributed by atoms with E-state index in [0.717, 1.165) is 4.90 Å². The highest BCUT2D eigenvalue weighted by molar-refractivity contribution is 6.26. The number of hydrogen-bond acceptors (Lipinski definition) is 3. The Balaban J connectivity index is 2.03. The third kappa shape index (κ3) is 1.87. The van der Waals surface area contributed by atoms with Crippen molar-refractivity contribution in [1.29, 1.82) is 0 Å². The number of piperidine rings is 1. The van der Waals surface area contributed by atoms with Gasteiger partial charge < -0.3 is 5.73 Å². The minimum Gasteiger partial charge on any atom is -0.320 e. The number of carbonyl (C=O) groups excluding carboxylic acids is 2. The molecule has 1 heterocycles. The molecule has 2 fully saturated rings. The molecule has 4 nitrogen and oxygen atoms in total. The minimum absolute atomic E-state index is 0.121. The fourth-order valence-corrected chi connectivity index (χ4v) is 3.13. The smallest absolute Gasteiger partial charge is 0.238 e. The number of anilines is 1. The van der Waals surface area contributed by atoms with Crippen molar-refractivity contribution in [3.05, 3.63) is 29.6 Å². The predicted octanol–water partition coefficient (Wildman–Crippen LogP) is 1.28. The van der Waals surface area contributed by atoms with Crippen LogP contribution in [0.4, 0.5) is 10.1 Å². The molecule has 0 bridgehead atoms. The summed E-state index contributed by atoms with van der Waals surface area (Å²) in [4.78, 5) is 26.0. The standard InChI is InChI=1S/C16H15FN2O2/c1-16(2)12-13(16)15(21)19(14(12)20)11-6-5-10(17)8-9(11)4-3-7-18/h5-6,8,12-13H,7,18H2,1-2H3. The molecule has 1 aromatic rings. The molecule has 1 aliphatic carbocycles. The zero-order valence-electron chi connectivity index (χ0n) is 11.8. The molecule has 1 aliphatic heterocycles. The van der Waals surface area contributed by atoms with Crippen LogP contribution in [0.3, 0.4) is 0 Å². The van der Waals surface area contributed by atoms with Crippen molar-refractivity contribution in [3.8, 4) is 11.8 Å². The van der Waals surface area contributed by atoms with Gasteiger partial charge in [0.15, 0.2) is 0 Å². The number of rotatable bonds is 1. The van der Waals surface area contributed by atoms with E-state index in [1.165, 1.54) is 18.2 Å². The van der Waals surface area contributed by atoms with E-state index in [2.05, 4.69) is 11.8 Å². The summed E-state index contributed by atoms with van der Waals surface area (Å²) in [6.45, 7) is 3.95. The molecule has 1 saturated heterocycles. The number of fused-ring (bicyclic) bond motifs is 1. The van der Waals surface area contributed by atoms with Crippen LogP contribution in [-0.2, 0) is 9.59 Å². The fraction of sp³-hybridized carbons (Fsp3) is 0.375. The van der Waals surface area contributed by atoms with Crippen LogP contribution in [0.15, 0.2) is 18.2 Å². The number of halogens is 1. The van der Waals surface area contributed by atoms with Gasteiger partial charge >= 0.3 is 0 Å². The molecule has 5 heteroatoms. The molecule has 2 amide bonds. The first-order valence-electron chi connectivity index (χ1n) is 6.76. The fourth-order valence-electron chi connectivity index (χ4n) is 3.13. The Hall–Kier alpha value is -2.19. The van der Waals surface area contributed by atoms with Crippen molar-refractivity contribution < 1.29 is 14.0 Å².